The average Bonchev–Trinajstić information content (AvgIpc) is 2.94. The van der Waals surface area contributed by atoms with Crippen LogP contribution in [0, 0.1) is 5.82 Å². The molecule has 22 heavy (non-hydrogen) atoms. The first kappa shape index (κ1) is 15.8. The number of nitrogens with zero attached hydrogens (tertiary/aromatic N) is 1. The van der Waals surface area contributed by atoms with Crippen LogP contribution in [0.5, 0.6) is 11.7 Å². The molecule has 0 radical (unpaired) electrons. The van der Waals surface area contributed by atoms with Gasteiger partial charge in [0.2, 0.25) is 5.91 Å². The number of halogens is 1. The predicted octanol–water partition coefficient (Wildman–Crippen LogP) is 3.85. The van der Waals surface area contributed by atoms with E-state index in [9.17, 15) is 14.4 Å². The van der Waals surface area contributed by atoms with Crippen LogP contribution < -0.4 is 4.74 Å². The van der Waals surface area contributed by atoms with Gasteiger partial charge in [-0.15, -0.1) is 0 Å². The Hall–Kier alpha value is -2.60. The summed E-state index contributed by atoms with van der Waals surface area (Å²) in [6.07, 6.45) is 3.23. The van der Waals surface area contributed by atoms with Gasteiger partial charge in [0, 0.05) is 13.0 Å². The van der Waals surface area contributed by atoms with Crippen molar-refractivity contribution in [2.75, 3.05) is 0 Å². The number of ether oxygens (including phenoxy) is 1. The van der Waals surface area contributed by atoms with E-state index >= 15 is 0 Å². The van der Waals surface area contributed by atoms with E-state index in [0.29, 0.717) is 16.6 Å². The predicted molar refractivity (Wildman–Crippen MR) is 78.0 cm³/mol. The third-order valence-electron chi connectivity index (χ3n) is 2.88. The molecule has 116 valence electrons. The molecule has 0 aliphatic carbocycles. The molecule has 1 amide bonds. The lowest BCUT2D eigenvalue weighted by Crippen LogP contribution is -2.32. The molecule has 2 aromatic rings. The third kappa shape index (κ3) is 4.20. The van der Waals surface area contributed by atoms with Crippen LogP contribution in [0.3, 0.4) is 0 Å². The van der Waals surface area contributed by atoms with Gasteiger partial charge in [0.25, 0.3) is 5.95 Å². The molecule has 0 aliphatic heterocycles. The average molecular weight is 305 g/mol. The quantitative estimate of drug-likeness (QED) is 0.673. The number of carbonyl (C=O) groups is 1. The minimum Gasteiger partial charge on any atom is -0.426 e. The Morgan fingerprint density at radius 1 is 1.32 bits per heavy atom. The minimum absolute atomic E-state index is 0.256. The molecule has 1 heterocycles. The largest absolute Gasteiger partial charge is 0.426 e. The molecular formula is C16H16FNO4. The van der Waals surface area contributed by atoms with E-state index < -0.39 is 11.9 Å². The van der Waals surface area contributed by atoms with Gasteiger partial charge < -0.3 is 9.15 Å². The first-order chi connectivity index (χ1) is 10.5. The van der Waals surface area contributed by atoms with Gasteiger partial charge in [0.15, 0.2) is 0 Å². The Balaban J connectivity index is 1.99. The van der Waals surface area contributed by atoms with Crippen molar-refractivity contribution < 1.29 is 23.5 Å². The fourth-order valence-corrected chi connectivity index (χ4v) is 1.70. The highest BCUT2D eigenvalue weighted by Gasteiger charge is 2.11. The van der Waals surface area contributed by atoms with Crippen LogP contribution in [0.15, 0.2) is 46.9 Å². The fraction of sp³-hybridized carbons (Fsp3) is 0.188. The minimum atomic E-state index is -0.482. The molecule has 1 unspecified atom stereocenters. The second-order valence-corrected chi connectivity index (χ2v) is 4.68. The molecule has 2 rings (SSSR count). The molecule has 1 N–H and O–H groups in total. The zero-order valence-electron chi connectivity index (χ0n) is 12.2. The maximum Gasteiger partial charge on any atom is 0.290 e. The highest BCUT2D eigenvalue weighted by atomic mass is 19.1. The SMILES string of the molecule is CC(=O)N(O)C(C)C=Cc1ccc(Oc2ccc(F)cc2)o1. The van der Waals surface area contributed by atoms with Gasteiger partial charge in [-0.3, -0.25) is 10.0 Å². The molecule has 0 bridgehead atoms. The van der Waals surface area contributed by atoms with Crippen molar-refractivity contribution in [3.8, 4) is 11.7 Å². The Morgan fingerprint density at radius 2 is 2.00 bits per heavy atom. The molecule has 0 fully saturated rings. The molecule has 1 atom stereocenters. The van der Waals surface area contributed by atoms with Gasteiger partial charge in [-0.2, -0.15) is 0 Å². The molecule has 0 aliphatic rings. The van der Waals surface area contributed by atoms with E-state index in [1.165, 1.54) is 31.2 Å². The Bertz CT molecular complexity index is 663. The van der Waals surface area contributed by atoms with E-state index in [-0.39, 0.29) is 11.8 Å². The molecule has 1 aromatic carbocycles. The van der Waals surface area contributed by atoms with Gasteiger partial charge >= 0.3 is 0 Å². The zero-order chi connectivity index (χ0) is 16.1. The van der Waals surface area contributed by atoms with E-state index in [2.05, 4.69) is 0 Å². The van der Waals surface area contributed by atoms with Crippen LogP contribution >= 0.6 is 0 Å². The summed E-state index contributed by atoms with van der Waals surface area (Å²) >= 11 is 0. The highest BCUT2D eigenvalue weighted by Crippen LogP contribution is 2.24. The lowest BCUT2D eigenvalue weighted by Gasteiger charge is -2.17. The maximum absolute atomic E-state index is 12.8. The summed E-state index contributed by atoms with van der Waals surface area (Å²) in [4.78, 5) is 11.0. The number of amides is 1. The molecule has 6 heteroatoms. The van der Waals surface area contributed by atoms with Crippen molar-refractivity contribution >= 4 is 12.0 Å². The lowest BCUT2D eigenvalue weighted by molar-refractivity contribution is -0.167. The molecule has 0 saturated heterocycles. The summed E-state index contributed by atoms with van der Waals surface area (Å²) < 4.78 is 23.6. The molecule has 5 nitrogen and oxygen atoms in total. The first-order valence-corrected chi connectivity index (χ1v) is 6.66. The second kappa shape index (κ2) is 6.91. The van der Waals surface area contributed by atoms with Crippen LogP contribution in [0.1, 0.15) is 19.6 Å². The number of hydroxylamine groups is 2. The van der Waals surface area contributed by atoms with Gasteiger partial charge in [0.05, 0.1) is 6.04 Å². The maximum atomic E-state index is 12.8. The number of carbonyl (C=O) groups excluding carboxylic acids is 1. The van der Waals surface area contributed by atoms with Crippen molar-refractivity contribution in [1.29, 1.82) is 0 Å². The van der Waals surface area contributed by atoms with Crippen LogP contribution in [-0.4, -0.2) is 22.2 Å². The summed E-state index contributed by atoms with van der Waals surface area (Å²) in [7, 11) is 0. The summed E-state index contributed by atoms with van der Waals surface area (Å²) in [6, 6.07) is 8.38. The van der Waals surface area contributed by atoms with E-state index in [1.54, 1.807) is 31.2 Å². The number of rotatable bonds is 5. The van der Waals surface area contributed by atoms with Gasteiger partial charge in [-0.25, -0.2) is 9.45 Å². The second-order valence-electron chi connectivity index (χ2n) is 4.68. The Kier molecular flexibility index (Phi) is 4.95. The standard InChI is InChI=1S/C16H16FNO4/c1-11(18(20)12(2)19)3-6-14-9-10-16(21-14)22-15-7-4-13(17)5-8-15/h3-11,20H,1-2H3. The summed E-state index contributed by atoms with van der Waals surface area (Å²) in [6.45, 7) is 2.93. The lowest BCUT2D eigenvalue weighted by atomic mass is 10.2. The normalized spacial score (nSPS) is 12.4. The van der Waals surface area contributed by atoms with Crippen molar-refractivity contribution in [2.24, 2.45) is 0 Å². The van der Waals surface area contributed by atoms with Crippen LogP contribution in [0.25, 0.3) is 6.08 Å². The smallest absolute Gasteiger partial charge is 0.290 e. The molecular weight excluding hydrogens is 289 g/mol. The van der Waals surface area contributed by atoms with E-state index in [4.69, 9.17) is 9.15 Å². The topological polar surface area (TPSA) is 62.9 Å². The van der Waals surface area contributed by atoms with E-state index in [0.717, 1.165) is 0 Å². The highest BCUT2D eigenvalue weighted by molar-refractivity contribution is 5.72. The van der Waals surface area contributed by atoms with E-state index in [1.807, 2.05) is 0 Å². The van der Waals surface area contributed by atoms with Crippen molar-refractivity contribution in [1.82, 2.24) is 5.06 Å². The number of benzene rings is 1. The number of furan rings is 1. The zero-order valence-corrected chi connectivity index (χ0v) is 12.2. The van der Waals surface area contributed by atoms with Crippen LogP contribution in [-0.2, 0) is 4.79 Å². The summed E-state index contributed by atoms with van der Waals surface area (Å²) in [5, 5.41) is 10.1. The molecule has 1 aromatic heterocycles. The Labute approximate surface area is 127 Å². The van der Waals surface area contributed by atoms with Crippen molar-refractivity contribution in [3.05, 3.63) is 54.1 Å². The summed E-state index contributed by atoms with van der Waals surface area (Å²) in [5.41, 5.74) is 0. The van der Waals surface area contributed by atoms with Crippen molar-refractivity contribution in [3.63, 3.8) is 0 Å². The summed E-state index contributed by atoms with van der Waals surface area (Å²) in [5.74, 6) is 0.422. The van der Waals surface area contributed by atoms with Crippen LogP contribution in [0.2, 0.25) is 0 Å². The fourth-order valence-electron chi connectivity index (χ4n) is 1.70. The van der Waals surface area contributed by atoms with Gasteiger partial charge in [0.1, 0.15) is 17.3 Å². The number of hydrogen-bond acceptors (Lipinski definition) is 4. The van der Waals surface area contributed by atoms with Gasteiger partial charge in [-0.1, -0.05) is 6.08 Å². The Morgan fingerprint density at radius 3 is 2.64 bits per heavy atom. The third-order valence-corrected chi connectivity index (χ3v) is 2.88. The molecule has 0 saturated carbocycles. The monoisotopic (exact) mass is 305 g/mol. The van der Waals surface area contributed by atoms with Gasteiger partial charge in [-0.05, 0) is 43.3 Å². The molecule has 0 spiro atoms. The number of hydrogen-bond donors (Lipinski definition) is 1. The first-order valence-electron chi connectivity index (χ1n) is 6.66. The van der Waals surface area contributed by atoms with Crippen LogP contribution in [0.4, 0.5) is 4.39 Å². The van der Waals surface area contributed by atoms with Crippen molar-refractivity contribution in [2.45, 2.75) is 19.9 Å².